The molecular formula is C18H21B10NO. The van der Waals surface area contributed by atoms with Crippen LogP contribution >= 0.6 is 0 Å². The molecule has 2 nitrogen and oxygen atoms in total. The Morgan fingerprint density at radius 1 is 0.367 bits per heavy atom. The summed E-state index contributed by atoms with van der Waals surface area (Å²) < 4.78 is 6.69. The highest BCUT2D eigenvalue weighted by Gasteiger charge is 2.23. The zero-order valence-electron chi connectivity index (χ0n) is 19.9. The lowest BCUT2D eigenvalue weighted by atomic mass is 9.64. The van der Waals surface area contributed by atoms with Gasteiger partial charge in [-0.25, -0.2) is 0 Å². The summed E-state index contributed by atoms with van der Waals surface area (Å²) in [6.45, 7) is 0. The van der Waals surface area contributed by atoms with Crippen molar-refractivity contribution in [1.82, 2.24) is 4.98 Å². The summed E-state index contributed by atoms with van der Waals surface area (Å²) in [4.78, 5) is 3.80. The summed E-state index contributed by atoms with van der Waals surface area (Å²) in [5.74, 6) is 0. The molecule has 2 aromatic heterocycles. The molecule has 0 aliphatic carbocycles. The molecule has 1 N–H and O–H groups in total. The van der Waals surface area contributed by atoms with Crippen LogP contribution in [-0.2, 0) is 0 Å². The van der Waals surface area contributed by atoms with Gasteiger partial charge in [0.1, 0.15) is 84.0 Å². The lowest BCUT2D eigenvalue weighted by Crippen LogP contribution is -2.48. The number of hydrogen-bond donors (Lipinski definition) is 1. The largest absolute Gasteiger partial charge is 0.455 e. The van der Waals surface area contributed by atoms with E-state index in [1.807, 2.05) is 0 Å². The van der Waals surface area contributed by atoms with Crippen molar-refractivity contribution in [2.75, 3.05) is 0 Å². The minimum Gasteiger partial charge on any atom is -0.455 e. The van der Waals surface area contributed by atoms with Crippen LogP contribution in [0.1, 0.15) is 0 Å². The van der Waals surface area contributed by atoms with Gasteiger partial charge in [-0.2, -0.15) is 0 Å². The van der Waals surface area contributed by atoms with Gasteiger partial charge in [0.15, 0.2) is 5.58 Å². The predicted molar refractivity (Wildman–Crippen MR) is 165 cm³/mol. The van der Waals surface area contributed by atoms with E-state index in [0.717, 1.165) is 16.7 Å². The molecule has 5 rings (SSSR count). The number of aromatic nitrogens is 1. The molecule has 2 heterocycles. The third-order valence-electron chi connectivity index (χ3n) is 8.29. The third kappa shape index (κ3) is 2.18. The van der Waals surface area contributed by atoms with Crippen LogP contribution in [0.2, 0.25) is 0 Å². The first-order chi connectivity index (χ1) is 14.1. The summed E-state index contributed by atoms with van der Waals surface area (Å²) in [5, 5.41) is 5.23. The van der Waals surface area contributed by atoms with Crippen molar-refractivity contribution in [2.24, 2.45) is 0 Å². The van der Waals surface area contributed by atoms with Crippen LogP contribution in [0.15, 0.2) is 4.42 Å². The molecule has 3 aromatic carbocycles. The van der Waals surface area contributed by atoms with Crippen LogP contribution in [0.3, 0.4) is 0 Å². The molecule has 0 bridgehead atoms. The van der Waals surface area contributed by atoms with Gasteiger partial charge in [-0.3, -0.25) is 0 Å². The highest BCUT2D eigenvalue weighted by Crippen LogP contribution is 2.31. The highest BCUT2D eigenvalue weighted by molar-refractivity contribution is 6.71. The maximum atomic E-state index is 6.69. The van der Waals surface area contributed by atoms with E-state index in [0.29, 0.717) is 0 Å². The van der Waals surface area contributed by atoms with E-state index in [9.17, 15) is 0 Å². The van der Waals surface area contributed by atoms with Crippen LogP contribution in [0.25, 0.3) is 43.7 Å². The number of aromatic amines is 1. The molecule has 0 aliphatic rings. The van der Waals surface area contributed by atoms with Crippen molar-refractivity contribution in [3.05, 3.63) is 0 Å². The first kappa shape index (κ1) is 19.8. The Labute approximate surface area is 186 Å². The van der Waals surface area contributed by atoms with Crippen LogP contribution in [0.4, 0.5) is 0 Å². The van der Waals surface area contributed by atoms with Crippen LogP contribution in [0.5, 0.6) is 0 Å². The fraction of sp³-hybridized carbons (Fsp3) is 0. The number of nitrogens with one attached hydrogen (secondary N) is 1. The second-order valence-corrected chi connectivity index (χ2v) is 9.39. The van der Waals surface area contributed by atoms with E-state index in [1.54, 1.807) is 0 Å². The van der Waals surface area contributed by atoms with Crippen LogP contribution in [-0.4, -0.2) is 83.4 Å². The van der Waals surface area contributed by atoms with Crippen LogP contribution < -0.4 is 54.6 Å². The van der Waals surface area contributed by atoms with E-state index in [4.69, 9.17) is 4.42 Å². The average molecular weight is 375 g/mol. The van der Waals surface area contributed by atoms with E-state index < -0.39 is 0 Å². The second-order valence-electron chi connectivity index (χ2n) is 9.39. The van der Waals surface area contributed by atoms with Gasteiger partial charge in [-0.15, -0.1) is 10.9 Å². The van der Waals surface area contributed by atoms with Gasteiger partial charge in [0.2, 0.25) is 0 Å². The number of benzene rings is 3. The standard InChI is InChI=1S/C18H21B10NO/c19-5-2-1-6(20)9(23)11(25)13(27)15(1)29-16(2)18-4(7(5)21)3-8(22)10(24)12(26)14(28)17(3)30-18/h29H,19-28H2. The van der Waals surface area contributed by atoms with Crippen molar-refractivity contribution >= 4 is 177 Å². The summed E-state index contributed by atoms with van der Waals surface area (Å²) in [7, 11) is 22.4. The first-order valence-electron chi connectivity index (χ1n) is 10.9. The zero-order chi connectivity index (χ0) is 21.8. The molecule has 0 spiro atoms. The number of furan rings is 1. The maximum Gasteiger partial charge on any atom is 0.158 e. The minimum atomic E-state index is 1.00. The Hall–Kier alpha value is -2.09. The molecule has 0 atom stereocenters. The molecule has 0 saturated carbocycles. The Morgan fingerprint density at radius 3 is 1.40 bits per heavy atom. The van der Waals surface area contributed by atoms with Crippen molar-refractivity contribution in [2.45, 2.75) is 0 Å². The molecule has 0 saturated heterocycles. The summed E-state index contributed by atoms with van der Waals surface area (Å²) >= 11 is 0. The van der Waals surface area contributed by atoms with Gasteiger partial charge in [0, 0.05) is 21.7 Å². The van der Waals surface area contributed by atoms with Crippen LogP contribution in [0, 0.1) is 0 Å². The Morgan fingerprint density at radius 2 is 0.767 bits per heavy atom. The predicted octanol–water partition coefficient (Wildman–Crippen LogP) is -12.2. The zero-order valence-corrected chi connectivity index (χ0v) is 19.9. The molecule has 5 aromatic rings. The maximum absolute atomic E-state index is 6.69. The van der Waals surface area contributed by atoms with E-state index >= 15 is 0 Å². The Balaban J connectivity index is 2.16. The molecule has 12 heteroatoms. The van der Waals surface area contributed by atoms with Crippen molar-refractivity contribution in [1.29, 1.82) is 0 Å². The van der Waals surface area contributed by atoms with E-state index in [-0.39, 0.29) is 0 Å². The summed E-state index contributed by atoms with van der Waals surface area (Å²) in [6.07, 6.45) is 0. The fourth-order valence-electron chi connectivity index (χ4n) is 5.52. The van der Waals surface area contributed by atoms with Crippen molar-refractivity contribution < 1.29 is 4.42 Å². The number of fused-ring (bicyclic) bond motifs is 7. The molecule has 0 unspecified atom stereocenters. The minimum absolute atomic E-state index is 1.00. The van der Waals surface area contributed by atoms with Gasteiger partial charge in [0.05, 0.1) is 5.52 Å². The SMILES string of the molecule is Bc1c(B)c(B)c2c([nH]c3c4oc5c(B)c(B)c(B)c(B)c5c4c(B)c(B)c32)c1B. The van der Waals surface area contributed by atoms with Gasteiger partial charge < -0.3 is 9.40 Å². The first-order valence-corrected chi connectivity index (χ1v) is 10.9. The Bertz CT molecular complexity index is 1480. The van der Waals surface area contributed by atoms with E-state index in [1.165, 1.54) is 81.7 Å². The molecular weight excluding hydrogens is 354 g/mol. The normalized spacial score (nSPS) is 12.0. The van der Waals surface area contributed by atoms with Gasteiger partial charge in [-0.05, 0) is 5.39 Å². The average Bonchev–Trinajstić information content (AvgIpc) is 3.31. The van der Waals surface area contributed by atoms with Crippen molar-refractivity contribution in [3.63, 3.8) is 0 Å². The summed E-state index contributed by atoms with van der Waals surface area (Å²) in [5.41, 5.74) is 17.9. The lowest BCUT2D eigenvalue weighted by molar-refractivity contribution is 0.675. The smallest absolute Gasteiger partial charge is 0.158 e. The number of hydrogen-bond acceptors (Lipinski definition) is 1. The van der Waals surface area contributed by atoms with Gasteiger partial charge in [0.25, 0.3) is 0 Å². The number of rotatable bonds is 0. The number of H-pyrrole nitrogens is 1. The lowest BCUT2D eigenvalue weighted by Gasteiger charge is -2.13. The third-order valence-corrected chi connectivity index (χ3v) is 8.29. The fourth-order valence-corrected chi connectivity index (χ4v) is 5.52. The topological polar surface area (TPSA) is 28.9 Å². The quantitative estimate of drug-likeness (QED) is 0.268. The highest BCUT2D eigenvalue weighted by atomic mass is 16.3. The second kappa shape index (κ2) is 6.22. The summed E-state index contributed by atoms with van der Waals surface area (Å²) in [6, 6.07) is 0. The monoisotopic (exact) mass is 377 g/mol. The molecule has 0 aliphatic heterocycles. The van der Waals surface area contributed by atoms with Crippen molar-refractivity contribution in [3.8, 4) is 0 Å². The molecule has 30 heavy (non-hydrogen) atoms. The molecule has 0 amide bonds. The van der Waals surface area contributed by atoms with Gasteiger partial charge in [-0.1, -0.05) is 43.7 Å². The molecule has 0 fully saturated rings. The Kier molecular flexibility index (Phi) is 4.11. The molecule has 134 valence electrons. The van der Waals surface area contributed by atoms with E-state index in [2.05, 4.69) is 83.4 Å². The van der Waals surface area contributed by atoms with Gasteiger partial charge >= 0.3 is 0 Å². The molecule has 0 radical (unpaired) electrons.